The van der Waals surface area contributed by atoms with Gasteiger partial charge in [-0.15, -0.1) is 0 Å². The standard InChI is InChI=1S/C16H26N2O2/c1-6-14(15(20)17-16(2,3)4)18(5)11-12-8-7-9-13(19)10-12/h7-10,14,19H,6,11H2,1-5H3,(H,17,20)/t14-/m0/s1. The first kappa shape index (κ1) is 16.5. The summed E-state index contributed by atoms with van der Waals surface area (Å²) in [7, 11) is 1.93. The van der Waals surface area contributed by atoms with Crippen LogP contribution in [0.1, 0.15) is 39.7 Å². The van der Waals surface area contributed by atoms with Crippen molar-refractivity contribution in [3.05, 3.63) is 29.8 Å². The summed E-state index contributed by atoms with van der Waals surface area (Å²) in [6.45, 7) is 8.57. The van der Waals surface area contributed by atoms with Gasteiger partial charge in [0, 0.05) is 12.1 Å². The largest absolute Gasteiger partial charge is 0.508 e. The fourth-order valence-corrected chi connectivity index (χ4v) is 2.20. The van der Waals surface area contributed by atoms with Gasteiger partial charge in [-0.25, -0.2) is 0 Å². The van der Waals surface area contributed by atoms with Crippen LogP contribution in [0.25, 0.3) is 0 Å². The monoisotopic (exact) mass is 278 g/mol. The topological polar surface area (TPSA) is 52.6 Å². The molecular weight excluding hydrogens is 252 g/mol. The average Bonchev–Trinajstić information content (AvgIpc) is 2.27. The molecule has 4 nitrogen and oxygen atoms in total. The van der Waals surface area contributed by atoms with Gasteiger partial charge < -0.3 is 10.4 Å². The number of carbonyl (C=O) groups is 1. The number of likely N-dealkylation sites (N-methyl/N-ethyl adjacent to an activating group) is 1. The second kappa shape index (κ2) is 6.75. The SMILES string of the molecule is CC[C@@H](C(=O)NC(C)(C)C)N(C)Cc1cccc(O)c1. The minimum atomic E-state index is -0.226. The molecule has 112 valence electrons. The average molecular weight is 278 g/mol. The van der Waals surface area contributed by atoms with Crippen molar-refractivity contribution in [2.45, 2.75) is 52.2 Å². The van der Waals surface area contributed by atoms with Crippen molar-refractivity contribution in [3.63, 3.8) is 0 Å². The molecule has 0 aromatic heterocycles. The molecule has 0 saturated carbocycles. The first-order valence-electron chi connectivity index (χ1n) is 7.03. The van der Waals surface area contributed by atoms with Crippen LogP contribution in [-0.2, 0) is 11.3 Å². The van der Waals surface area contributed by atoms with Gasteiger partial charge in [0.1, 0.15) is 5.75 Å². The lowest BCUT2D eigenvalue weighted by Crippen LogP contribution is -2.50. The van der Waals surface area contributed by atoms with Crippen molar-refractivity contribution in [2.24, 2.45) is 0 Å². The number of amides is 1. The fraction of sp³-hybridized carbons (Fsp3) is 0.562. The normalized spacial score (nSPS) is 13.3. The number of nitrogens with one attached hydrogen (secondary N) is 1. The van der Waals surface area contributed by atoms with Gasteiger partial charge in [0.05, 0.1) is 6.04 Å². The zero-order valence-electron chi connectivity index (χ0n) is 13.1. The maximum absolute atomic E-state index is 12.3. The third-order valence-corrected chi connectivity index (χ3v) is 3.06. The van der Waals surface area contributed by atoms with Crippen molar-refractivity contribution in [1.29, 1.82) is 0 Å². The Labute approximate surface area is 121 Å². The van der Waals surface area contributed by atoms with Crippen LogP contribution >= 0.6 is 0 Å². The van der Waals surface area contributed by atoms with Gasteiger partial charge in [-0.2, -0.15) is 0 Å². The lowest BCUT2D eigenvalue weighted by Gasteiger charge is -2.30. The highest BCUT2D eigenvalue weighted by molar-refractivity contribution is 5.82. The molecule has 1 aromatic carbocycles. The van der Waals surface area contributed by atoms with E-state index in [2.05, 4.69) is 5.32 Å². The molecule has 1 aromatic rings. The van der Waals surface area contributed by atoms with E-state index < -0.39 is 0 Å². The smallest absolute Gasteiger partial charge is 0.237 e. The van der Waals surface area contributed by atoms with E-state index in [1.807, 2.05) is 51.8 Å². The molecule has 0 aliphatic rings. The minimum absolute atomic E-state index is 0.0441. The molecule has 0 spiro atoms. The number of carbonyl (C=O) groups excluding carboxylic acids is 1. The van der Waals surface area contributed by atoms with Gasteiger partial charge in [0.15, 0.2) is 0 Å². The van der Waals surface area contributed by atoms with Gasteiger partial charge in [-0.1, -0.05) is 19.1 Å². The number of hydrogen-bond acceptors (Lipinski definition) is 3. The molecule has 1 rings (SSSR count). The molecule has 0 unspecified atom stereocenters. The van der Waals surface area contributed by atoms with Crippen LogP contribution in [0.15, 0.2) is 24.3 Å². The fourth-order valence-electron chi connectivity index (χ4n) is 2.20. The highest BCUT2D eigenvalue weighted by Crippen LogP contribution is 2.15. The molecular formula is C16H26N2O2. The van der Waals surface area contributed by atoms with Gasteiger partial charge >= 0.3 is 0 Å². The second-order valence-electron chi connectivity index (χ2n) is 6.25. The first-order valence-corrected chi connectivity index (χ1v) is 7.03. The summed E-state index contributed by atoms with van der Waals surface area (Å²) in [5.74, 6) is 0.297. The Morgan fingerprint density at radius 3 is 2.55 bits per heavy atom. The van der Waals surface area contributed by atoms with E-state index in [9.17, 15) is 9.90 Å². The number of aromatic hydroxyl groups is 1. The van der Waals surface area contributed by atoms with E-state index in [0.717, 1.165) is 12.0 Å². The van der Waals surface area contributed by atoms with E-state index in [1.165, 1.54) is 0 Å². The summed E-state index contributed by atoms with van der Waals surface area (Å²) in [5, 5.41) is 12.5. The molecule has 1 amide bonds. The molecule has 0 saturated heterocycles. The van der Waals surface area contributed by atoms with E-state index in [1.54, 1.807) is 12.1 Å². The van der Waals surface area contributed by atoms with Gasteiger partial charge in [0.25, 0.3) is 0 Å². The van der Waals surface area contributed by atoms with Crippen LogP contribution in [-0.4, -0.2) is 34.5 Å². The van der Waals surface area contributed by atoms with Crippen molar-refractivity contribution in [3.8, 4) is 5.75 Å². The number of rotatable bonds is 5. The highest BCUT2D eigenvalue weighted by atomic mass is 16.3. The Balaban J connectivity index is 2.72. The maximum atomic E-state index is 12.3. The summed E-state index contributed by atoms with van der Waals surface area (Å²) >= 11 is 0. The summed E-state index contributed by atoms with van der Waals surface area (Å²) in [6, 6.07) is 6.97. The highest BCUT2D eigenvalue weighted by Gasteiger charge is 2.24. The third kappa shape index (κ3) is 5.21. The van der Waals surface area contributed by atoms with Crippen LogP contribution in [0.3, 0.4) is 0 Å². The summed E-state index contributed by atoms with van der Waals surface area (Å²) in [6.07, 6.45) is 0.747. The minimum Gasteiger partial charge on any atom is -0.508 e. The zero-order valence-corrected chi connectivity index (χ0v) is 13.1. The van der Waals surface area contributed by atoms with Crippen LogP contribution in [0.5, 0.6) is 5.75 Å². The Kier molecular flexibility index (Phi) is 5.57. The van der Waals surface area contributed by atoms with Crippen LogP contribution in [0, 0.1) is 0 Å². The predicted molar refractivity (Wildman–Crippen MR) is 81.5 cm³/mol. The van der Waals surface area contributed by atoms with Crippen molar-refractivity contribution >= 4 is 5.91 Å². The number of phenols is 1. The van der Waals surface area contributed by atoms with Crippen molar-refractivity contribution in [1.82, 2.24) is 10.2 Å². The first-order chi connectivity index (χ1) is 9.23. The van der Waals surface area contributed by atoms with Crippen LogP contribution < -0.4 is 5.32 Å². The van der Waals surface area contributed by atoms with Gasteiger partial charge in [0.2, 0.25) is 5.91 Å². The second-order valence-corrected chi connectivity index (χ2v) is 6.25. The Hall–Kier alpha value is -1.55. The molecule has 2 N–H and O–H groups in total. The van der Waals surface area contributed by atoms with Crippen molar-refractivity contribution < 1.29 is 9.90 Å². The predicted octanol–water partition coefficient (Wildman–Crippen LogP) is 2.52. The lowest BCUT2D eigenvalue weighted by atomic mass is 10.1. The molecule has 4 heteroatoms. The van der Waals surface area contributed by atoms with E-state index in [-0.39, 0.29) is 23.2 Å². The quantitative estimate of drug-likeness (QED) is 0.870. The molecule has 0 aliphatic heterocycles. The number of hydrogen-bond donors (Lipinski definition) is 2. The third-order valence-electron chi connectivity index (χ3n) is 3.06. The zero-order chi connectivity index (χ0) is 15.3. The van der Waals surface area contributed by atoms with Crippen LogP contribution in [0.2, 0.25) is 0 Å². The summed E-state index contributed by atoms with van der Waals surface area (Å²) in [4.78, 5) is 14.3. The molecule has 20 heavy (non-hydrogen) atoms. The molecule has 0 aliphatic carbocycles. The number of nitrogens with zero attached hydrogens (tertiary/aromatic N) is 1. The molecule has 0 radical (unpaired) electrons. The van der Waals surface area contributed by atoms with E-state index in [4.69, 9.17) is 0 Å². The molecule has 0 bridgehead atoms. The Morgan fingerprint density at radius 1 is 1.40 bits per heavy atom. The van der Waals surface area contributed by atoms with Gasteiger partial charge in [-0.05, 0) is 51.9 Å². The van der Waals surface area contributed by atoms with E-state index in [0.29, 0.717) is 6.54 Å². The Morgan fingerprint density at radius 2 is 2.05 bits per heavy atom. The maximum Gasteiger partial charge on any atom is 0.237 e. The summed E-state index contributed by atoms with van der Waals surface area (Å²) < 4.78 is 0. The van der Waals surface area contributed by atoms with Crippen molar-refractivity contribution in [2.75, 3.05) is 7.05 Å². The van der Waals surface area contributed by atoms with E-state index >= 15 is 0 Å². The lowest BCUT2D eigenvalue weighted by molar-refractivity contribution is -0.127. The summed E-state index contributed by atoms with van der Waals surface area (Å²) in [5.41, 5.74) is 0.769. The number of phenolic OH excluding ortho intramolecular Hbond substituents is 1. The molecule has 0 fully saturated rings. The van der Waals surface area contributed by atoms with Gasteiger partial charge in [-0.3, -0.25) is 9.69 Å². The molecule has 0 heterocycles. The Bertz CT molecular complexity index is 452. The van der Waals surface area contributed by atoms with Crippen LogP contribution in [0.4, 0.5) is 0 Å². The number of benzene rings is 1. The molecule has 1 atom stereocenters.